The number of nitrogens with zero attached hydrogens (tertiary/aromatic N) is 1. The molecule has 0 spiro atoms. The van der Waals surface area contributed by atoms with Crippen LogP contribution in [-0.4, -0.2) is 11.9 Å². The lowest BCUT2D eigenvalue weighted by atomic mass is 10.2. The average molecular weight is 302 g/mol. The molecule has 0 saturated carbocycles. The van der Waals surface area contributed by atoms with Gasteiger partial charge in [0.15, 0.2) is 5.70 Å². The maximum absolute atomic E-state index is 13.7. The molecule has 0 amide bonds. The van der Waals surface area contributed by atoms with E-state index in [4.69, 9.17) is 16.3 Å². The SMILES string of the molecule is O=C1OC(c2ccccc2F)=NC1=Cc1cccc(Cl)c1. The number of cyclic esters (lactones) is 1. The van der Waals surface area contributed by atoms with Gasteiger partial charge < -0.3 is 4.74 Å². The Balaban J connectivity index is 1.98. The fourth-order valence-electron chi connectivity index (χ4n) is 1.91. The molecular formula is C16H9ClFNO2. The predicted octanol–water partition coefficient (Wildman–Crippen LogP) is 3.82. The molecule has 5 heteroatoms. The summed E-state index contributed by atoms with van der Waals surface area (Å²) in [5.41, 5.74) is 0.976. The molecule has 0 N–H and O–H groups in total. The highest BCUT2D eigenvalue weighted by atomic mass is 35.5. The number of carbonyl (C=O) groups is 1. The summed E-state index contributed by atoms with van der Waals surface area (Å²) in [5, 5.41) is 0.550. The van der Waals surface area contributed by atoms with Crippen LogP contribution < -0.4 is 0 Å². The summed E-state index contributed by atoms with van der Waals surface area (Å²) >= 11 is 5.88. The van der Waals surface area contributed by atoms with Crippen molar-refractivity contribution in [2.45, 2.75) is 0 Å². The van der Waals surface area contributed by atoms with Crippen molar-refractivity contribution in [3.63, 3.8) is 0 Å². The Labute approximate surface area is 125 Å². The fourth-order valence-corrected chi connectivity index (χ4v) is 2.11. The summed E-state index contributed by atoms with van der Waals surface area (Å²) in [4.78, 5) is 15.8. The van der Waals surface area contributed by atoms with Gasteiger partial charge in [-0.2, -0.15) is 0 Å². The minimum Gasteiger partial charge on any atom is -0.402 e. The van der Waals surface area contributed by atoms with Crippen molar-refractivity contribution in [1.82, 2.24) is 0 Å². The molecule has 1 aliphatic rings. The lowest BCUT2D eigenvalue weighted by molar-refractivity contribution is -0.129. The van der Waals surface area contributed by atoms with Crippen molar-refractivity contribution in [3.8, 4) is 0 Å². The molecule has 104 valence electrons. The van der Waals surface area contributed by atoms with Crippen LogP contribution in [0, 0.1) is 5.82 Å². The second kappa shape index (κ2) is 5.50. The third-order valence-electron chi connectivity index (χ3n) is 2.88. The number of hydrogen-bond acceptors (Lipinski definition) is 3. The fraction of sp³-hybridized carbons (Fsp3) is 0. The predicted molar refractivity (Wildman–Crippen MR) is 78.5 cm³/mol. The zero-order valence-electron chi connectivity index (χ0n) is 10.7. The lowest BCUT2D eigenvalue weighted by Crippen LogP contribution is -2.07. The number of carbonyl (C=O) groups excluding carboxylic acids is 1. The molecule has 3 rings (SSSR count). The standard InChI is InChI=1S/C16H9ClFNO2/c17-11-5-3-4-10(8-11)9-14-16(20)21-15(19-14)12-6-1-2-7-13(12)18/h1-9H. The van der Waals surface area contributed by atoms with Crippen LogP contribution in [0.4, 0.5) is 4.39 Å². The van der Waals surface area contributed by atoms with E-state index in [0.29, 0.717) is 10.6 Å². The van der Waals surface area contributed by atoms with E-state index in [1.807, 2.05) is 0 Å². The van der Waals surface area contributed by atoms with Gasteiger partial charge in [-0.3, -0.25) is 0 Å². The summed E-state index contributed by atoms with van der Waals surface area (Å²) in [6, 6.07) is 12.9. The smallest absolute Gasteiger partial charge is 0.363 e. The van der Waals surface area contributed by atoms with E-state index in [0.717, 1.165) is 0 Å². The molecule has 21 heavy (non-hydrogen) atoms. The zero-order chi connectivity index (χ0) is 14.8. The molecule has 0 radical (unpaired) electrons. The van der Waals surface area contributed by atoms with Gasteiger partial charge in [-0.25, -0.2) is 14.2 Å². The highest BCUT2D eigenvalue weighted by Gasteiger charge is 2.25. The van der Waals surface area contributed by atoms with Crippen LogP contribution in [0.3, 0.4) is 0 Å². The summed E-state index contributed by atoms with van der Waals surface area (Å²) in [6.45, 7) is 0. The Kier molecular flexibility index (Phi) is 3.54. The molecule has 0 aromatic heterocycles. The average Bonchev–Trinajstić information content (AvgIpc) is 2.80. The van der Waals surface area contributed by atoms with Crippen molar-refractivity contribution < 1.29 is 13.9 Å². The lowest BCUT2D eigenvalue weighted by Gasteiger charge is -1.99. The third-order valence-corrected chi connectivity index (χ3v) is 3.11. The molecule has 0 fully saturated rings. The third kappa shape index (κ3) is 2.85. The van der Waals surface area contributed by atoms with E-state index in [1.54, 1.807) is 42.5 Å². The van der Waals surface area contributed by atoms with Gasteiger partial charge in [-0.1, -0.05) is 35.9 Å². The highest BCUT2D eigenvalue weighted by molar-refractivity contribution is 6.30. The number of esters is 1. The van der Waals surface area contributed by atoms with E-state index in [9.17, 15) is 9.18 Å². The van der Waals surface area contributed by atoms with Crippen LogP contribution in [0.1, 0.15) is 11.1 Å². The molecule has 1 heterocycles. The van der Waals surface area contributed by atoms with Crippen LogP contribution in [-0.2, 0) is 9.53 Å². The Hall–Kier alpha value is -2.46. The zero-order valence-corrected chi connectivity index (χ0v) is 11.5. The summed E-state index contributed by atoms with van der Waals surface area (Å²) in [5.74, 6) is -1.15. The molecule has 0 unspecified atom stereocenters. The number of ether oxygens (including phenoxy) is 1. The molecule has 0 saturated heterocycles. The van der Waals surface area contributed by atoms with E-state index in [-0.39, 0.29) is 17.2 Å². The van der Waals surface area contributed by atoms with Crippen LogP contribution in [0.5, 0.6) is 0 Å². The van der Waals surface area contributed by atoms with Gasteiger partial charge in [-0.05, 0) is 35.9 Å². The second-order valence-electron chi connectivity index (χ2n) is 4.37. The monoisotopic (exact) mass is 301 g/mol. The van der Waals surface area contributed by atoms with Crippen molar-refractivity contribution in [3.05, 3.63) is 76.2 Å². The first kappa shape index (κ1) is 13.5. The molecule has 0 aliphatic carbocycles. The van der Waals surface area contributed by atoms with Gasteiger partial charge in [0.25, 0.3) is 0 Å². The van der Waals surface area contributed by atoms with Crippen LogP contribution >= 0.6 is 11.6 Å². The van der Waals surface area contributed by atoms with Crippen LogP contribution in [0.25, 0.3) is 6.08 Å². The minimum absolute atomic E-state index is 0.0358. The van der Waals surface area contributed by atoms with Crippen molar-refractivity contribution in [2.24, 2.45) is 4.99 Å². The highest BCUT2D eigenvalue weighted by Crippen LogP contribution is 2.21. The van der Waals surface area contributed by atoms with E-state index < -0.39 is 11.8 Å². The Morgan fingerprint density at radius 1 is 1.14 bits per heavy atom. The van der Waals surface area contributed by atoms with Crippen LogP contribution in [0.2, 0.25) is 5.02 Å². The van der Waals surface area contributed by atoms with Crippen molar-refractivity contribution in [2.75, 3.05) is 0 Å². The number of halogens is 2. The molecule has 3 nitrogen and oxygen atoms in total. The van der Waals surface area contributed by atoms with Gasteiger partial charge in [-0.15, -0.1) is 0 Å². The van der Waals surface area contributed by atoms with E-state index in [2.05, 4.69) is 4.99 Å². The summed E-state index contributed by atoms with van der Waals surface area (Å²) < 4.78 is 18.7. The van der Waals surface area contributed by atoms with Gasteiger partial charge in [0.05, 0.1) is 5.56 Å². The maximum atomic E-state index is 13.7. The molecule has 2 aromatic rings. The Morgan fingerprint density at radius 2 is 1.95 bits per heavy atom. The molecular weight excluding hydrogens is 293 g/mol. The second-order valence-corrected chi connectivity index (χ2v) is 4.81. The van der Waals surface area contributed by atoms with Crippen molar-refractivity contribution >= 4 is 29.5 Å². The quantitative estimate of drug-likeness (QED) is 0.625. The maximum Gasteiger partial charge on any atom is 0.363 e. The number of aliphatic imine (C=N–C) groups is 1. The van der Waals surface area contributed by atoms with Gasteiger partial charge in [0, 0.05) is 5.02 Å². The summed E-state index contributed by atoms with van der Waals surface area (Å²) in [6.07, 6.45) is 1.54. The normalized spacial score (nSPS) is 16.0. The molecule has 2 aromatic carbocycles. The van der Waals surface area contributed by atoms with Gasteiger partial charge >= 0.3 is 5.97 Å². The first-order valence-corrected chi connectivity index (χ1v) is 6.54. The molecule has 1 aliphatic heterocycles. The Bertz CT molecular complexity index is 783. The van der Waals surface area contributed by atoms with Crippen LogP contribution in [0.15, 0.2) is 59.2 Å². The molecule has 0 bridgehead atoms. The largest absolute Gasteiger partial charge is 0.402 e. The number of rotatable bonds is 2. The summed E-state index contributed by atoms with van der Waals surface area (Å²) in [7, 11) is 0. The van der Waals surface area contributed by atoms with Crippen molar-refractivity contribution in [1.29, 1.82) is 0 Å². The topological polar surface area (TPSA) is 38.7 Å². The van der Waals surface area contributed by atoms with Gasteiger partial charge in [0.1, 0.15) is 5.82 Å². The minimum atomic E-state index is -0.617. The molecule has 0 atom stereocenters. The Morgan fingerprint density at radius 3 is 2.71 bits per heavy atom. The first-order chi connectivity index (χ1) is 10.1. The van der Waals surface area contributed by atoms with Gasteiger partial charge in [0.2, 0.25) is 5.90 Å². The van der Waals surface area contributed by atoms with E-state index in [1.165, 1.54) is 12.1 Å². The number of benzene rings is 2. The van der Waals surface area contributed by atoms with E-state index >= 15 is 0 Å². The number of hydrogen-bond donors (Lipinski definition) is 0. The first-order valence-electron chi connectivity index (χ1n) is 6.16.